The van der Waals surface area contributed by atoms with Gasteiger partial charge in [-0.2, -0.15) is 0 Å². The Bertz CT molecular complexity index is 536. The van der Waals surface area contributed by atoms with E-state index >= 15 is 0 Å². The molecule has 6 nitrogen and oxygen atoms in total. The molecule has 2 saturated heterocycles. The van der Waals surface area contributed by atoms with Gasteiger partial charge in [0.25, 0.3) is 0 Å². The molecule has 2 N–H and O–H groups in total. The minimum Gasteiger partial charge on any atom is -0.357 e. The molecule has 1 aromatic heterocycles. The highest BCUT2D eigenvalue weighted by atomic mass is 16.2. The van der Waals surface area contributed by atoms with Crippen molar-refractivity contribution in [1.82, 2.24) is 20.5 Å². The minimum absolute atomic E-state index is 0.0686. The van der Waals surface area contributed by atoms with E-state index in [1.165, 1.54) is 19.3 Å². The number of nitrogens with zero attached hydrogens (tertiary/aromatic N) is 3. The molecule has 2 amide bonds. The predicted molar refractivity (Wildman–Crippen MR) is 96.2 cm³/mol. The molecule has 24 heavy (non-hydrogen) atoms. The number of aromatic nitrogens is 1. The molecular weight excluding hydrogens is 302 g/mol. The first-order valence-electron chi connectivity index (χ1n) is 9.13. The summed E-state index contributed by atoms with van der Waals surface area (Å²) < 4.78 is 0. The molecule has 2 aliphatic heterocycles. The Morgan fingerprint density at radius 3 is 2.71 bits per heavy atom. The van der Waals surface area contributed by atoms with E-state index in [9.17, 15) is 4.79 Å². The SMILES string of the molecule is CN1CCC(NC(=O)NCc2ccnc(N3CCCCC3)c2)CC1. The smallest absolute Gasteiger partial charge is 0.315 e. The van der Waals surface area contributed by atoms with Gasteiger partial charge in [-0.3, -0.25) is 0 Å². The van der Waals surface area contributed by atoms with E-state index in [2.05, 4.69) is 38.5 Å². The van der Waals surface area contributed by atoms with Crippen LogP contribution in [0.25, 0.3) is 0 Å². The molecular formula is C18H29N5O. The zero-order chi connectivity index (χ0) is 16.8. The fourth-order valence-electron chi connectivity index (χ4n) is 3.44. The number of carbonyl (C=O) groups excluding carboxylic acids is 1. The van der Waals surface area contributed by atoms with Gasteiger partial charge in [-0.1, -0.05) is 0 Å². The van der Waals surface area contributed by atoms with Crippen LogP contribution in [0.3, 0.4) is 0 Å². The van der Waals surface area contributed by atoms with Gasteiger partial charge in [0.1, 0.15) is 5.82 Å². The van der Waals surface area contributed by atoms with Crippen LogP contribution in [0.5, 0.6) is 0 Å². The van der Waals surface area contributed by atoms with Gasteiger partial charge in [0.15, 0.2) is 0 Å². The molecule has 0 aliphatic carbocycles. The maximum Gasteiger partial charge on any atom is 0.315 e. The Balaban J connectivity index is 1.46. The van der Waals surface area contributed by atoms with Crippen molar-refractivity contribution >= 4 is 11.8 Å². The second-order valence-corrected chi connectivity index (χ2v) is 6.97. The first-order chi connectivity index (χ1) is 11.7. The molecule has 0 radical (unpaired) electrons. The van der Waals surface area contributed by atoms with Crippen molar-refractivity contribution in [3.8, 4) is 0 Å². The Morgan fingerprint density at radius 1 is 1.21 bits per heavy atom. The van der Waals surface area contributed by atoms with Gasteiger partial charge in [-0.15, -0.1) is 0 Å². The number of carbonyl (C=O) groups is 1. The van der Waals surface area contributed by atoms with Crippen LogP contribution in [0.2, 0.25) is 0 Å². The Morgan fingerprint density at radius 2 is 1.96 bits per heavy atom. The first kappa shape index (κ1) is 17.0. The number of nitrogens with one attached hydrogen (secondary N) is 2. The maximum absolute atomic E-state index is 12.1. The average molecular weight is 331 g/mol. The quantitative estimate of drug-likeness (QED) is 0.885. The molecule has 6 heteroatoms. The fourth-order valence-corrected chi connectivity index (χ4v) is 3.44. The van der Waals surface area contributed by atoms with Crippen molar-refractivity contribution in [1.29, 1.82) is 0 Å². The highest BCUT2D eigenvalue weighted by molar-refractivity contribution is 5.74. The monoisotopic (exact) mass is 331 g/mol. The van der Waals surface area contributed by atoms with E-state index in [4.69, 9.17) is 0 Å². The summed E-state index contributed by atoms with van der Waals surface area (Å²) in [6.45, 7) is 4.81. The molecule has 3 rings (SSSR count). The van der Waals surface area contributed by atoms with Gasteiger partial charge in [0.05, 0.1) is 0 Å². The molecule has 2 fully saturated rings. The van der Waals surface area contributed by atoms with Gasteiger partial charge in [0.2, 0.25) is 0 Å². The number of hydrogen-bond acceptors (Lipinski definition) is 4. The van der Waals surface area contributed by atoms with E-state index in [-0.39, 0.29) is 6.03 Å². The topological polar surface area (TPSA) is 60.5 Å². The Hall–Kier alpha value is -1.82. The van der Waals surface area contributed by atoms with Crippen molar-refractivity contribution in [2.24, 2.45) is 0 Å². The van der Waals surface area contributed by atoms with E-state index in [0.717, 1.165) is 50.4 Å². The molecule has 0 bridgehead atoms. The minimum atomic E-state index is -0.0686. The van der Waals surface area contributed by atoms with Crippen molar-refractivity contribution in [3.05, 3.63) is 23.9 Å². The third kappa shape index (κ3) is 4.84. The summed E-state index contributed by atoms with van der Waals surface area (Å²) in [6, 6.07) is 4.30. The van der Waals surface area contributed by atoms with Gasteiger partial charge >= 0.3 is 6.03 Å². The standard InChI is InChI=1S/C18H29N5O/c1-22-11-6-16(7-12-22)21-18(24)20-14-15-5-8-19-17(13-15)23-9-3-2-4-10-23/h5,8,13,16H,2-4,6-7,9-12,14H2,1H3,(H2,20,21,24). The number of rotatable bonds is 4. The van der Waals surface area contributed by atoms with Crippen molar-refractivity contribution in [2.45, 2.75) is 44.7 Å². The first-order valence-corrected chi connectivity index (χ1v) is 9.13. The van der Waals surface area contributed by atoms with Crippen LogP contribution < -0.4 is 15.5 Å². The molecule has 0 unspecified atom stereocenters. The summed E-state index contributed by atoms with van der Waals surface area (Å²) in [5.41, 5.74) is 1.10. The van der Waals surface area contributed by atoms with Crippen molar-refractivity contribution in [3.63, 3.8) is 0 Å². The van der Waals surface area contributed by atoms with Gasteiger partial charge in [-0.05, 0) is 69.9 Å². The second-order valence-electron chi connectivity index (χ2n) is 6.97. The van der Waals surface area contributed by atoms with Crippen LogP contribution in [-0.2, 0) is 6.54 Å². The van der Waals surface area contributed by atoms with Crippen molar-refractivity contribution in [2.75, 3.05) is 38.1 Å². The lowest BCUT2D eigenvalue weighted by Crippen LogP contribution is -2.46. The molecule has 0 spiro atoms. The van der Waals surface area contributed by atoms with Gasteiger partial charge < -0.3 is 20.4 Å². The summed E-state index contributed by atoms with van der Waals surface area (Å²) in [5.74, 6) is 1.03. The highest BCUT2D eigenvalue weighted by Crippen LogP contribution is 2.18. The fraction of sp³-hybridized carbons (Fsp3) is 0.667. The maximum atomic E-state index is 12.1. The number of likely N-dealkylation sites (tertiary alicyclic amines) is 1. The van der Waals surface area contributed by atoms with Crippen LogP contribution in [0, 0.1) is 0 Å². The second kappa shape index (κ2) is 8.33. The van der Waals surface area contributed by atoms with E-state index < -0.39 is 0 Å². The summed E-state index contributed by atoms with van der Waals surface area (Å²) in [4.78, 5) is 21.2. The molecule has 0 aromatic carbocycles. The molecule has 1 aromatic rings. The number of piperidine rings is 2. The van der Waals surface area contributed by atoms with E-state index in [1.807, 2.05) is 12.3 Å². The van der Waals surface area contributed by atoms with Gasteiger partial charge in [0, 0.05) is 31.9 Å². The largest absolute Gasteiger partial charge is 0.357 e. The van der Waals surface area contributed by atoms with Crippen LogP contribution in [0.1, 0.15) is 37.7 Å². The van der Waals surface area contributed by atoms with Crippen LogP contribution in [0.15, 0.2) is 18.3 Å². The summed E-state index contributed by atoms with van der Waals surface area (Å²) in [7, 11) is 2.12. The highest BCUT2D eigenvalue weighted by Gasteiger charge is 2.18. The lowest BCUT2D eigenvalue weighted by atomic mass is 10.1. The number of amides is 2. The third-order valence-electron chi connectivity index (χ3n) is 5.00. The summed E-state index contributed by atoms with van der Waals surface area (Å²) >= 11 is 0. The molecule has 3 heterocycles. The van der Waals surface area contributed by atoms with E-state index in [1.54, 1.807) is 0 Å². The Kier molecular flexibility index (Phi) is 5.91. The summed E-state index contributed by atoms with van der Waals surface area (Å²) in [6.07, 6.45) is 7.69. The Labute approximate surface area is 144 Å². The summed E-state index contributed by atoms with van der Waals surface area (Å²) in [5, 5.41) is 6.06. The normalized spacial score (nSPS) is 20.0. The number of pyridine rings is 1. The number of anilines is 1. The molecule has 0 saturated carbocycles. The van der Waals surface area contributed by atoms with Crippen LogP contribution in [0.4, 0.5) is 10.6 Å². The van der Waals surface area contributed by atoms with Crippen molar-refractivity contribution < 1.29 is 4.79 Å². The van der Waals surface area contributed by atoms with E-state index in [0.29, 0.717) is 12.6 Å². The molecule has 132 valence electrons. The average Bonchev–Trinajstić information content (AvgIpc) is 2.63. The number of hydrogen-bond donors (Lipinski definition) is 2. The molecule has 0 atom stereocenters. The lowest BCUT2D eigenvalue weighted by Gasteiger charge is -2.29. The zero-order valence-electron chi connectivity index (χ0n) is 14.6. The number of urea groups is 1. The molecule has 2 aliphatic rings. The third-order valence-corrected chi connectivity index (χ3v) is 5.00. The van der Waals surface area contributed by atoms with Crippen LogP contribution >= 0.6 is 0 Å². The van der Waals surface area contributed by atoms with Crippen LogP contribution in [-0.4, -0.2) is 55.2 Å². The zero-order valence-corrected chi connectivity index (χ0v) is 14.6. The predicted octanol–water partition coefficient (Wildman–Crippen LogP) is 1.97. The van der Waals surface area contributed by atoms with Gasteiger partial charge in [-0.25, -0.2) is 9.78 Å². The lowest BCUT2D eigenvalue weighted by molar-refractivity contribution is 0.213.